The molecule has 170 valence electrons. The fourth-order valence-electron chi connectivity index (χ4n) is 3.03. The minimum Gasteiger partial charge on any atom is -0.458 e. The van der Waals surface area contributed by atoms with Gasteiger partial charge in [-0.1, -0.05) is 55.5 Å². The molecule has 0 aliphatic rings. The van der Waals surface area contributed by atoms with E-state index >= 15 is 0 Å². The van der Waals surface area contributed by atoms with Gasteiger partial charge < -0.3 is 10.1 Å². The summed E-state index contributed by atoms with van der Waals surface area (Å²) in [4.78, 5) is 24.0. The van der Waals surface area contributed by atoms with Crippen molar-refractivity contribution in [3.63, 3.8) is 0 Å². The van der Waals surface area contributed by atoms with Gasteiger partial charge in [-0.3, -0.25) is 10.1 Å². The Bertz CT molecular complexity index is 1070. The Morgan fingerprint density at radius 3 is 2.27 bits per heavy atom. The van der Waals surface area contributed by atoms with Crippen molar-refractivity contribution in [3.05, 3.63) is 118 Å². The summed E-state index contributed by atoms with van der Waals surface area (Å²) in [6.45, 7) is 2.72. The first-order chi connectivity index (χ1) is 16.0. The molecule has 6 nitrogen and oxygen atoms in total. The zero-order chi connectivity index (χ0) is 23.5. The molecule has 3 rings (SSSR count). The Morgan fingerprint density at radius 1 is 1.00 bits per heavy atom. The molecule has 7 heteroatoms. The van der Waals surface area contributed by atoms with E-state index in [4.69, 9.17) is 4.74 Å². The van der Waals surface area contributed by atoms with Gasteiger partial charge >= 0.3 is 5.97 Å². The summed E-state index contributed by atoms with van der Waals surface area (Å²) in [5.74, 6) is 0.430. The number of ether oxygens (including phenoxy) is 1. The Hall–Kier alpha value is -3.58. The molecule has 0 amide bonds. The molecule has 0 spiro atoms. The molecule has 0 aromatic heterocycles. The van der Waals surface area contributed by atoms with E-state index in [0.717, 1.165) is 17.0 Å². The molecule has 0 saturated carbocycles. The number of nitrogens with one attached hydrogen (secondary N) is 1. The lowest BCUT2D eigenvalue weighted by molar-refractivity contribution is -0.384. The highest BCUT2D eigenvalue weighted by molar-refractivity contribution is 7.99. The first-order valence-corrected chi connectivity index (χ1v) is 11.6. The van der Waals surface area contributed by atoms with Crippen LogP contribution in [0.15, 0.2) is 102 Å². The number of benzene rings is 3. The van der Waals surface area contributed by atoms with E-state index in [0.29, 0.717) is 12.1 Å². The predicted octanol–water partition coefficient (Wildman–Crippen LogP) is 5.74. The lowest BCUT2D eigenvalue weighted by Gasteiger charge is -2.18. The summed E-state index contributed by atoms with van der Waals surface area (Å²) in [7, 11) is 0. The number of hydrogen-bond donors (Lipinski definition) is 1. The van der Waals surface area contributed by atoms with E-state index in [-0.39, 0.29) is 18.2 Å². The average Bonchev–Trinajstić information content (AvgIpc) is 2.85. The maximum atomic E-state index is 12.5. The van der Waals surface area contributed by atoms with E-state index < -0.39 is 10.9 Å². The van der Waals surface area contributed by atoms with E-state index in [1.54, 1.807) is 23.9 Å². The molecule has 1 N–H and O–H groups in total. The van der Waals surface area contributed by atoms with Gasteiger partial charge in [0.1, 0.15) is 6.61 Å². The predicted molar refractivity (Wildman–Crippen MR) is 131 cm³/mol. The van der Waals surface area contributed by atoms with Gasteiger partial charge in [-0.05, 0) is 35.4 Å². The van der Waals surface area contributed by atoms with Gasteiger partial charge in [0.2, 0.25) is 0 Å². The molecule has 0 aliphatic carbocycles. The Kier molecular flexibility index (Phi) is 9.08. The molecular formula is C26H26N2O4S. The van der Waals surface area contributed by atoms with Crippen LogP contribution < -0.4 is 5.32 Å². The summed E-state index contributed by atoms with van der Waals surface area (Å²) >= 11 is 1.73. The van der Waals surface area contributed by atoms with E-state index in [1.165, 1.54) is 23.1 Å². The molecular weight excluding hydrogens is 436 g/mol. The Balaban J connectivity index is 1.63. The van der Waals surface area contributed by atoms with Crippen LogP contribution in [0, 0.1) is 16.0 Å². The standard InChI is InChI=1S/C26H26N2O4S/c1-20(19-33-24-10-6-3-7-11-24)25(27-17-21-8-4-2-5-9-21)16-26(29)32-18-22-12-14-23(15-13-22)28(30)31/h2-16,20,27H,17-19H2,1H3. The van der Waals surface area contributed by atoms with Crippen LogP contribution in [0.1, 0.15) is 18.1 Å². The molecule has 0 radical (unpaired) electrons. The molecule has 1 unspecified atom stereocenters. The van der Waals surface area contributed by atoms with E-state index in [2.05, 4.69) is 24.4 Å². The molecule has 3 aromatic carbocycles. The third kappa shape index (κ3) is 8.12. The monoisotopic (exact) mass is 462 g/mol. The van der Waals surface area contributed by atoms with Crippen molar-refractivity contribution in [2.24, 2.45) is 5.92 Å². The smallest absolute Gasteiger partial charge is 0.332 e. The second-order valence-electron chi connectivity index (χ2n) is 7.50. The SMILES string of the molecule is CC(CSc1ccccc1)C(=CC(=O)OCc1ccc([N+](=O)[O-])cc1)NCc1ccccc1. The minimum absolute atomic E-state index is 0.00196. The molecule has 3 aromatic rings. The van der Waals surface area contributed by atoms with Crippen molar-refractivity contribution in [3.8, 4) is 0 Å². The highest BCUT2D eigenvalue weighted by atomic mass is 32.2. The Labute approximate surface area is 197 Å². The van der Waals surface area contributed by atoms with Crippen molar-refractivity contribution < 1.29 is 14.5 Å². The van der Waals surface area contributed by atoms with Crippen LogP contribution >= 0.6 is 11.8 Å². The molecule has 0 saturated heterocycles. The first kappa shape index (κ1) is 24.1. The van der Waals surface area contributed by atoms with Gasteiger partial charge in [0.25, 0.3) is 5.69 Å². The number of carbonyl (C=O) groups is 1. The van der Waals surface area contributed by atoms with Gasteiger partial charge in [-0.2, -0.15) is 0 Å². The summed E-state index contributed by atoms with van der Waals surface area (Å²) in [6, 6.07) is 26.1. The number of rotatable bonds is 11. The summed E-state index contributed by atoms with van der Waals surface area (Å²) < 4.78 is 5.39. The lowest BCUT2D eigenvalue weighted by Crippen LogP contribution is -2.21. The topological polar surface area (TPSA) is 81.5 Å². The number of non-ortho nitro benzene ring substituents is 1. The Morgan fingerprint density at radius 2 is 1.64 bits per heavy atom. The quantitative estimate of drug-likeness (QED) is 0.129. The van der Waals surface area contributed by atoms with Gasteiger partial charge in [-0.25, -0.2) is 4.79 Å². The summed E-state index contributed by atoms with van der Waals surface area (Å²) in [5.41, 5.74) is 2.61. The van der Waals surface area contributed by atoms with Crippen LogP contribution in [0.4, 0.5) is 5.69 Å². The minimum atomic E-state index is -0.460. The van der Waals surface area contributed by atoms with E-state index in [9.17, 15) is 14.9 Å². The van der Waals surface area contributed by atoms with E-state index in [1.807, 2.05) is 48.5 Å². The van der Waals surface area contributed by atoms with Crippen molar-refractivity contribution in [1.82, 2.24) is 5.32 Å². The first-order valence-electron chi connectivity index (χ1n) is 10.6. The zero-order valence-corrected chi connectivity index (χ0v) is 19.2. The van der Waals surface area contributed by atoms with Crippen LogP contribution in [0.5, 0.6) is 0 Å². The number of nitro benzene ring substituents is 1. The van der Waals surface area contributed by atoms with Crippen molar-refractivity contribution in [2.45, 2.75) is 25.0 Å². The maximum absolute atomic E-state index is 12.5. The number of hydrogen-bond acceptors (Lipinski definition) is 6. The van der Waals surface area contributed by atoms with Gasteiger partial charge in [0, 0.05) is 47.0 Å². The number of nitrogens with zero attached hydrogens (tertiary/aromatic N) is 1. The van der Waals surface area contributed by atoms with Crippen molar-refractivity contribution in [1.29, 1.82) is 0 Å². The lowest BCUT2D eigenvalue weighted by atomic mass is 10.1. The fraction of sp³-hybridized carbons (Fsp3) is 0.192. The van der Waals surface area contributed by atoms with Crippen molar-refractivity contribution >= 4 is 23.4 Å². The normalized spacial score (nSPS) is 12.1. The third-order valence-electron chi connectivity index (χ3n) is 4.92. The van der Waals surface area contributed by atoms with Crippen molar-refractivity contribution in [2.75, 3.05) is 5.75 Å². The summed E-state index contributed by atoms with van der Waals surface area (Å²) in [6.07, 6.45) is 1.50. The van der Waals surface area contributed by atoms with Crippen LogP contribution in [-0.4, -0.2) is 16.6 Å². The summed E-state index contributed by atoms with van der Waals surface area (Å²) in [5, 5.41) is 14.2. The molecule has 0 bridgehead atoms. The number of esters is 1. The molecule has 0 heterocycles. The molecule has 1 atom stereocenters. The van der Waals surface area contributed by atoms with Crippen LogP contribution in [0.2, 0.25) is 0 Å². The molecule has 33 heavy (non-hydrogen) atoms. The zero-order valence-electron chi connectivity index (χ0n) is 18.3. The second-order valence-corrected chi connectivity index (χ2v) is 8.59. The molecule has 0 fully saturated rings. The highest BCUT2D eigenvalue weighted by Gasteiger charge is 2.13. The highest BCUT2D eigenvalue weighted by Crippen LogP contribution is 2.23. The third-order valence-corrected chi connectivity index (χ3v) is 6.19. The number of carbonyl (C=O) groups excluding carboxylic acids is 1. The van der Waals surface area contributed by atoms with Crippen LogP contribution in [0.3, 0.4) is 0 Å². The maximum Gasteiger partial charge on any atom is 0.332 e. The van der Waals surface area contributed by atoms with Gasteiger partial charge in [0.05, 0.1) is 4.92 Å². The van der Waals surface area contributed by atoms with Gasteiger partial charge in [-0.15, -0.1) is 11.8 Å². The molecule has 0 aliphatic heterocycles. The fourth-order valence-corrected chi connectivity index (χ4v) is 4.00. The van der Waals surface area contributed by atoms with Crippen LogP contribution in [0.25, 0.3) is 0 Å². The second kappa shape index (κ2) is 12.5. The number of nitro groups is 1. The number of thioether (sulfide) groups is 1. The average molecular weight is 463 g/mol. The van der Waals surface area contributed by atoms with Crippen LogP contribution in [-0.2, 0) is 22.7 Å². The largest absolute Gasteiger partial charge is 0.458 e. The van der Waals surface area contributed by atoms with Gasteiger partial charge in [0.15, 0.2) is 0 Å². The number of allylic oxidation sites excluding steroid dienone is 1.